The maximum Gasteiger partial charge on any atom is 0.323 e. The summed E-state index contributed by atoms with van der Waals surface area (Å²) < 4.78 is 0. The molecule has 13 heavy (non-hydrogen) atoms. The summed E-state index contributed by atoms with van der Waals surface area (Å²) in [6, 6.07) is -0.509. The van der Waals surface area contributed by atoms with Crippen LogP contribution in [0.4, 0.5) is 0 Å². The van der Waals surface area contributed by atoms with Gasteiger partial charge in [-0.3, -0.25) is 9.63 Å². The van der Waals surface area contributed by atoms with Crippen LogP contribution in [0.5, 0.6) is 0 Å². The zero-order chi connectivity index (χ0) is 9.00. The molecule has 1 saturated heterocycles. The smallest absolute Gasteiger partial charge is 0.323 e. The second-order valence-electron chi connectivity index (χ2n) is 4.04. The third-order valence-corrected chi connectivity index (χ3v) is 3.43. The third kappa shape index (κ3) is 0.845. The first-order valence-corrected chi connectivity index (χ1v) is 4.59. The van der Waals surface area contributed by atoms with Crippen molar-refractivity contribution < 1.29 is 14.7 Å². The van der Waals surface area contributed by atoms with Crippen molar-refractivity contribution in [3.05, 3.63) is 12.2 Å². The van der Waals surface area contributed by atoms with Crippen molar-refractivity contribution in [2.45, 2.75) is 18.6 Å². The molecule has 70 valence electrons. The molecule has 1 heterocycles. The van der Waals surface area contributed by atoms with Crippen LogP contribution in [-0.4, -0.2) is 23.2 Å². The summed E-state index contributed by atoms with van der Waals surface area (Å²) >= 11 is 0. The summed E-state index contributed by atoms with van der Waals surface area (Å²) in [4.78, 5) is 16.2. The lowest BCUT2D eigenvalue weighted by Crippen LogP contribution is -2.37. The summed E-state index contributed by atoms with van der Waals surface area (Å²) in [5.74, 6) is 0.193. The van der Waals surface area contributed by atoms with Gasteiger partial charge in [-0.25, -0.2) is 0 Å². The van der Waals surface area contributed by atoms with Crippen LogP contribution < -0.4 is 5.48 Å². The first-order valence-electron chi connectivity index (χ1n) is 4.59. The van der Waals surface area contributed by atoms with Crippen molar-refractivity contribution in [1.29, 1.82) is 0 Å². The van der Waals surface area contributed by atoms with E-state index in [-0.39, 0.29) is 12.0 Å². The molecule has 2 aliphatic carbocycles. The molecule has 3 rings (SSSR count). The van der Waals surface area contributed by atoms with Crippen LogP contribution in [0.3, 0.4) is 0 Å². The Morgan fingerprint density at radius 1 is 1.46 bits per heavy atom. The SMILES string of the molecule is O=C(O)[C@H]1NO[C@H]2[C@@H]1[C@@H]1C=C[C@H]2C1. The Kier molecular flexibility index (Phi) is 1.35. The number of hydrogen-bond acceptors (Lipinski definition) is 3. The maximum atomic E-state index is 10.9. The van der Waals surface area contributed by atoms with Gasteiger partial charge in [0.05, 0.1) is 6.10 Å². The van der Waals surface area contributed by atoms with Gasteiger partial charge in [-0.15, -0.1) is 0 Å². The average molecular weight is 181 g/mol. The standard InChI is InChI=1S/C9H11NO3/c11-9(12)7-6-4-1-2-5(3-4)8(6)13-10-7/h1-2,4-8,10H,3H2,(H,11,12)/t4-,5+,6-,7+,8-/m1/s1. The van der Waals surface area contributed by atoms with Crippen molar-refractivity contribution in [3.8, 4) is 0 Å². The summed E-state index contributed by atoms with van der Waals surface area (Å²) in [5, 5.41) is 8.92. The van der Waals surface area contributed by atoms with Gasteiger partial charge >= 0.3 is 5.97 Å². The minimum absolute atomic E-state index is 0.0936. The highest BCUT2D eigenvalue weighted by atomic mass is 16.7. The molecule has 0 radical (unpaired) electrons. The van der Waals surface area contributed by atoms with Crippen LogP contribution in [0.1, 0.15) is 6.42 Å². The highest BCUT2D eigenvalue weighted by Crippen LogP contribution is 2.48. The van der Waals surface area contributed by atoms with E-state index in [4.69, 9.17) is 9.94 Å². The number of rotatable bonds is 1. The van der Waals surface area contributed by atoms with Crippen molar-refractivity contribution in [2.75, 3.05) is 0 Å². The predicted molar refractivity (Wildman–Crippen MR) is 43.7 cm³/mol. The van der Waals surface area contributed by atoms with Crippen molar-refractivity contribution in [2.24, 2.45) is 17.8 Å². The van der Waals surface area contributed by atoms with Gasteiger partial charge in [0.1, 0.15) is 6.04 Å². The van der Waals surface area contributed by atoms with Crippen LogP contribution in [0.15, 0.2) is 12.2 Å². The topological polar surface area (TPSA) is 58.6 Å². The average Bonchev–Trinajstić information content (AvgIpc) is 2.76. The van der Waals surface area contributed by atoms with Gasteiger partial charge in [0, 0.05) is 11.8 Å². The number of hydroxylamine groups is 1. The van der Waals surface area contributed by atoms with Gasteiger partial charge in [-0.05, 0) is 12.3 Å². The zero-order valence-electron chi connectivity index (χ0n) is 7.01. The largest absolute Gasteiger partial charge is 0.480 e. The lowest BCUT2D eigenvalue weighted by molar-refractivity contribution is -0.141. The van der Waals surface area contributed by atoms with Crippen molar-refractivity contribution in [1.82, 2.24) is 5.48 Å². The highest BCUT2D eigenvalue weighted by Gasteiger charge is 2.55. The van der Waals surface area contributed by atoms with Crippen molar-refractivity contribution >= 4 is 5.97 Å². The van der Waals surface area contributed by atoms with Gasteiger partial charge in [-0.2, -0.15) is 5.48 Å². The van der Waals surface area contributed by atoms with E-state index in [1.807, 2.05) is 0 Å². The third-order valence-electron chi connectivity index (χ3n) is 3.43. The molecular formula is C9H11NO3. The number of nitrogens with one attached hydrogen (secondary N) is 1. The molecule has 1 aliphatic heterocycles. The van der Waals surface area contributed by atoms with E-state index in [1.165, 1.54) is 0 Å². The molecular weight excluding hydrogens is 170 g/mol. The Bertz CT molecular complexity index is 289. The normalized spacial score (nSPS) is 51.2. The van der Waals surface area contributed by atoms with Gasteiger partial charge in [0.2, 0.25) is 0 Å². The van der Waals surface area contributed by atoms with Gasteiger partial charge in [0.15, 0.2) is 0 Å². The second-order valence-corrected chi connectivity index (χ2v) is 4.04. The van der Waals surface area contributed by atoms with Crippen molar-refractivity contribution in [3.63, 3.8) is 0 Å². The second kappa shape index (κ2) is 2.33. The number of carboxylic acid groups (broad SMARTS) is 1. The molecule has 1 saturated carbocycles. The van der Waals surface area contributed by atoms with E-state index in [0.717, 1.165) is 6.42 Å². The van der Waals surface area contributed by atoms with Crippen LogP contribution in [0.25, 0.3) is 0 Å². The molecule has 3 aliphatic rings. The number of allylic oxidation sites excluding steroid dienone is 1. The molecule has 4 nitrogen and oxygen atoms in total. The fraction of sp³-hybridized carbons (Fsp3) is 0.667. The number of aliphatic carboxylic acids is 1. The quantitative estimate of drug-likeness (QED) is 0.566. The van der Waals surface area contributed by atoms with E-state index < -0.39 is 12.0 Å². The highest BCUT2D eigenvalue weighted by molar-refractivity contribution is 5.74. The fourth-order valence-corrected chi connectivity index (χ4v) is 2.86. The zero-order valence-corrected chi connectivity index (χ0v) is 7.01. The number of hydrogen-bond donors (Lipinski definition) is 2. The molecule has 2 N–H and O–H groups in total. The lowest BCUT2D eigenvalue weighted by atomic mass is 9.86. The van der Waals surface area contributed by atoms with E-state index in [0.29, 0.717) is 11.8 Å². The Balaban J connectivity index is 1.92. The Hall–Kier alpha value is -0.870. The molecule has 2 bridgehead atoms. The minimum Gasteiger partial charge on any atom is -0.480 e. The van der Waals surface area contributed by atoms with Gasteiger partial charge < -0.3 is 5.11 Å². The summed E-state index contributed by atoms with van der Waals surface area (Å²) in [5.41, 5.74) is 2.62. The molecule has 5 atom stereocenters. The van der Waals surface area contributed by atoms with Crippen LogP contribution in [0.2, 0.25) is 0 Å². The number of carboxylic acids is 1. The molecule has 0 spiro atoms. The fourth-order valence-electron chi connectivity index (χ4n) is 2.86. The van der Waals surface area contributed by atoms with Crippen LogP contribution >= 0.6 is 0 Å². The van der Waals surface area contributed by atoms with E-state index in [2.05, 4.69) is 17.6 Å². The minimum atomic E-state index is -0.798. The number of fused-ring (bicyclic) bond motifs is 5. The Morgan fingerprint density at radius 3 is 3.00 bits per heavy atom. The van der Waals surface area contributed by atoms with E-state index >= 15 is 0 Å². The summed E-state index contributed by atoms with van der Waals surface area (Å²) in [6.45, 7) is 0. The van der Waals surface area contributed by atoms with Crippen LogP contribution in [0, 0.1) is 17.8 Å². The molecule has 0 aromatic rings. The molecule has 0 amide bonds. The number of carbonyl (C=O) groups is 1. The van der Waals surface area contributed by atoms with Gasteiger partial charge in [-0.1, -0.05) is 12.2 Å². The Morgan fingerprint density at radius 2 is 2.23 bits per heavy atom. The Labute approximate surface area is 75.5 Å². The molecule has 4 heteroatoms. The maximum absolute atomic E-state index is 10.9. The summed E-state index contributed by atoms with van der Waals surface area (Å²) in [7, 11) is 0. The molecule has 0 unspecified atom stereocenters. The lowest BCUT2D eigenvalue weighted by Gasteiger charge is -2.19. The molecule has 0 aromatic carbocycles. The predicted octanol–water partition coefficient (Wildman–Crippen LogP) is 0.165. The van der Waals surface area contributed by atoms with Crippen LogP contribution in [-0.2, 0) is 9.63 Å². The first kappa shape index (κ1) is 7.53. The molecule has 2 fully saturated rings. The monoisotopic (exact) mass is 181 g/mol. The van der Waals surface area contributed by atoms with E-state index in [1.54, 1.807) is 0 Å². The molecule has 0 aromatic heterocycles. The first-order chi connectivity index (χ1) is 6.27. The van der Waals surface area contributed by atoms with E-state index in [9.17, 15) is 4.79 Å². The summed E-state index contributed by atoms with van der Waals surface area (Å²) in [6.07, 6.45) is 5.45. The van der Waals surface area contributed by atoms with Gasteiger partial charge in [0.25, 0.3) is 0 Å².